The lowest BCUT2D eigenvalue weighted by Crippen LogP contribution is -2.03. The van der Waals surface area contributed by atoms with Gasteiger partial charge in [0.25, 0.3) is 0 Å². The Balaban J connectivity index is 1.12. The first-order valence-corrected chi connectivity index (χ1v) is 17.3. The highest BCUT2D eigenvalue weighted by molar-refractivity contribution is 7.21. The standard InChI is InChI=1S/C44H34N2S/c1-26-12-21-38-41(22-26)47-44(46-38)32-19-17-31(18-20-32)43-36-10-6-4-8-34(36)42(35-9-5-7-11-37(35)43)30-15-13-29(14-16-30)40-25-33-23-27(2)28(3)24-39(33)45-40/h4-23,28H,24-25H2,1-3H3. The van der Waals surface area contributed by atoms with Crippen LogP contribution in [0.4, 0.5) is 0 Å². The number of hydrogen-bond acceptors (Lipinski definition) is 3. The van der Waals surface area contributed by atoms with Crippen LogP contribution in [-0.4, -0.2) is 10.7 Å². The van der Waals surface area contributed by atoms with Gasteiger partial charge in [-0.15, -0.1) is 11.3 Å². The van der Waals surface area contributed by atoms with Crippen LogP contribution >= 0.6 is 11.3 Å². The highest BCUT2D eigenvalue weighted by Crippen LogP contribution is 2.44. The van der Waals surface area contributed by atoms with Crippen LogP contribution in [0.2, 0.25) is 0 Å². The van der Waals surface area contributed by atoms with Gasteiger partial charge in [-0.05, 0) is 98.8 Å². The third-order valence-electron chi connectivity index (χ3n) is 10.1. The predicted octanol–water partition coefficient (Wildman–Crippen LogP) is 12.3. The number of fused-ring (bicyclic) bond motifs is 3. The fourth-order valence-electron chi connectivity index (χ4n) is 7.42. The number of aromatic nitrogens is 1. The molecule has 2 heterocycles. The number of rotatable bonds is 4. The third-order valence-corrected chi connectivity index (χ3v) is 11.1. The number of nitrogens with zero attached hydrogens (tertiary/aromatic N) is 2. The van der Waals surface area contributed by atoms with E-state index in [-0.39, 0.29) is 0 Å². The maximum Gasteiger partial charge on any atom is 0.124 e. The maximum atomic E-state index is 5.10. The number of allylic oxidation sites excluding steroid dienone is 4. The van der Waals surface area contributed by atoms with Crippen molar-refractivity contribution < 1.29 is 0 Å². The fraction of sp³-hybridized carbons (Fsp3) is 0.136. The molecule has 2 nitrogen and oxygen atoms in total. The van der Waals surface area contributed by atoms with Gasteiger partial charge in [0.2, 0.25) is 0 Å². The van der Waals surface area contributed by atoms with E-state index in [1.807, 2.05) is 0 Å². The molecule has 7 aromatic rings. The molecule has 0 spiro atoms. The molecule has 0 N–H and O–H groups in total. The van der Waals surface area contributed by atoms with E-state index < -0.39 is 0 Å². The van der Waals surface area contributed by atoms with E-state index in [4.69, 9.17) is 9.98 Å². The molecule has 47 heavy (non-hydrogen) atoms. The summed E-state index contributed by atoms with van der Waals surface area (Å²) in [5.41, 5.74) is 15.0. The summed E-state index contributed by atoms with van der Waals surface area (Å²) in [5, 5.41) is 6.13. The molecule has 226 valence electrons. The number of aryl methyl sites for hydroxylation is 1. The highest BCUT2D eigenvalue weighted by atomic mass is 32.1. The van der Waals surface area contributed by atoms with Gasteiger partial charge in [-0.3, -0.25) is 4.99 Å². The Hall–Kier alpha value is -5.12. The molecule has 1 aromatic heterocycles. The van der Waals surface area contributed by atoms with Crippen molar-refractivity contribution in [3.05, 3.63) is 149 Å². The summed E-state index contributed by atoms with van der Waals surface area (Å²) in [6.07, 6.45) is 4.34. The van der Waals surface area contributed by atoms with Crippen LogP contribution in [0.15, 0.2) is 143 Å². The molecule has 0 fully saturated rings. The molecule has 0 saturated carbocycles. The van der Waals surface area contributed by atoms with Gasteiger partial charge in [-0.2, -0.15) is 0 Å². The zero-order valence-corrected chi connectivity index (χ0v) is 27.7. The second kappa shape index (κ2) is 11.0. The van der Waals surface area contributed by atoms with Crippen LogP contribution in [-0.2, 0) is 0 Å². The number of benzene rings is 6. The fourth-order valence-corrected chi connectivity index (χ4v) is 8.49. The summed E-state index contributed by atoms with van der Waals surface area (Å²) in [7, 11) is 0. The van der Waals surface area contributed by atoms with Crippen molar-refractivity contribution in [1.82, 2.24) is 4.98 Å². The van der Waals surface area contributed by atoms with E-state index >= 15 is 0 Å². The number of hydrogen-bond donors (Lipinski definition) is 0. The van der Waals surface area contributed by atoms with Gasteiger partial charge in [0.1, 0.15) is 5.01 Å². The maximum absolute atomic E-state index is 5.10. The van der Waals surface area contributed by atoms with Crippen LogP contribution in [0.1, 0.15) is 37.8 Å². The van der Waals surface area contributed by atoms with Crippen molar-refractivity contribution in [3.8, 4) is 32.8 Å². The minimum Gasteiger partial charge on any atom is -0.257 e. The quantitative estimate of drug-likeness (QED) is 0.179. The van der Waals surface area contributed by atoms with E-state index in [0.717, 1.165) is 28.9 Å². The lowest BCUT2D eigenvalue weighted by molar-refractivity contribution is 0.654. The molecule has 0 saturated heterocycles. The number of aliphatic imine (C=N–C) groups is 1. The van der Waals surface area contributed by atoms with Gasteiger partial charge in [0, 0.05) is 17.7 Å². The van der Waals surface area contributed by atoms with Gasteiger partial charge in [-0.25, -0.2) is 4.98 Å². The van der Waals surface area contributed by atoms with Crippen molar-refractivity contribution in [2.45, 2.75) is 33.6 Å². The Labute approximate surface area is 279 Å². The molecular weight excluding hydrogens is 589 g/mol. The minimum atomic E-state index is 0.574. The largest absolute Gasteiger partial charge is 0.257 e. The molecule has 1 aliphatic carbocycles. The van der Waals surface area contributed by atoms with Crippen LogP contribution in [0.25, 0.3) is 64.6 Å². The summed E-state index contributed by atoms with van der Waals surface area (Å²) in [6, 6.07) is 42.4. The van der Waals surface area contributed by atoms with Crippen LogP contribution in [0, 0.1) is 12.8 Å². The van der Waals surface area contributed by atoms with Gasteiger partial charge in [-0.1, -0.05) is 122 Å². The minimum absolute atomic E-state index is 0.574. The van der Waals surface area contributed by atoms with E-state index in [2.05, 4.69) is 142 Å². The van der Waals surface area contributed by atoms with Gasteiger partial charge in [0.15, 0.2) is 0 Å². The Kier molecular flexibility index (Phi) is 6.58. The molecule has 1 unspecified atom stereocenters. The second-order valence-corrected chi connectivity index (χ2v) is 14.2. The van der Waals surface area contributed by atoms with Gasteiger partial charge in [0.05, 0.1) is 15.9 Å². The van der Waals surface area contributed by atoms with Gasteiger partial charge < -0.3 is 0 Å². The van der Waals surface area contributed by atoms with E-state index in [1.54, 1.807) is 11.3 Å². The second-order valence-electron chi connectivity index (χ2n) is 13.2. The van der Waals surface area contributed by atoms with Crippen LogP contribution in [0.5, 0.6) is 0 Å². The monoisotopic (exact) mass is 622 g/mol. The first-order valence-electron chi connectivity index (χ1n) is 16.5. The van der Waals surface area contributed by atoms with Gasteiger partial charge >= 0.3 is 0 Å². The van der Waals surface area contributed by atoms with E-state index in [1.165, 1.54) is 82.2 Å². The molecule has 3 heteroatoms. The predicted molar refractivity (Wildman–Crippen MR) is 201 cm³/mol. The lowest BCUT2D eigenvalue weighted by atomic mass is 9.85. The zero-order valence-electron chi connectivity index (χ0n) is 26.8. The molecule has 2 aliphatic rings. The molecule has 1 aliphatic heterocycles. The first kappa shape index (κ1) is 28.1. The van der Waals surface area contributed by atoms with E-state index in [0.29, 0.717) is 5.92 Å². The highest BCUT2D eigenvalue weighted by Gasteiger charge is 2.24. The van der Waals surface area contributed by atoms with Crippen molar-refractivity contribution in [1.29, 1.82) is 0 Å². The molecule has 0 amide bonds. The molecule has 1 atom stereocenters. The summed E-state index contributed by atoms with van der Waals surface area (Å²) in [4.78, 5) is 10.0. The molecular formula is C44H34N2S. The third kappa shape index (κ3) is 4.77. The van der Waals surface area contributed by atoms with E-state index in [9.17, 15) is 0 Å². The van der Waals surface area contributed by atoms with Crippen molar-refractivity contribution >= 4 is 48.8 Å². The smallest absolute Gasteiger partial charge is 0.124 e. The summed E-state index contributed by atoms with van der Waals surface area (Å²) < 4.78 is 1.23. The summed E-state index contributed by atoms with van der Waals surface area (Å²) >= 11 is 1.76. The Bertz CT molecular complexity index is 2420. The average Bonchev–Trinajstić information content (AvgIpc) is 3.71. The Morgan fingerprint density at radius 3 is 1.79 bits per heavy atom. The Morgan fingerprint density at radius 2 is 1.19 bits per heavy atom. The normalized spacial score (nSPS) is 16.2. The average molecular weight is 623 g/mol. The molecule has 0 bridgehead atoms. The molecule has 9 rings (SSSR count). The number of thiazole rings is 1. The van der Waals surface area contributed by atoms with Crippen LogP contribution < -0.4 is 0 Å². The summed E-state index contributed by atoms with van der Waals surface area (Å²) in [6.45, 7) is 6.69. The molecule has 0 radical (unpaired) electrons. The van der Waals surface area contributed by atoms with Crippen molar-refractivity contribution in [2.75, 3.05) is 0 Å². The Morgan fingerprint density at radius 1 is 0.638 bits per heavy atom. The van der Waals surface area contributed by atoms with Crippen molar-refractivity contribution in [3.63, 3.8) is 0 Å². The van der Waals surface area contributed by atoms with Crippen LogP contribution in [0.3, 0.4) is 0 Å². The topological polar surface area (TPSA) is 25.2 Å². The lowest BCUT2D eigenvalue weighted by Gasteiger charge is -2.18. The molecule has 6 aromatic carbocycles. The first-order chi connectivity index (χ1) is 23.0. The SMILES string of the molecule is CC1=CC2=C(CC1C)N=C(c1ccc(-c3c4ccccc4c(-c4ccc(-c5nc6ccc(C)cc6s5)cc4)c4ccccc34)cc1)C2. The zero-order chi connectivity index (χ0) is 31.6. The van der Waals surface area contributed by atoms with Crippen molar-refractivity contribution in [2.24, 2.45) is 10.9 Å². The summed E-state index contributed by atoms with van der Waals surface area (Å²) in [5.74, 6) is 0.574.